The van der Waals surface area contributed by atoms with E-state index < -0.39 is 0 Å². The fraction of sp³-hybridized carbons (Fsp3) is 0.667. The van der Waals surface area contributed by atoms with Crippen LogP contribution in [0.4, 0.5) is 0 Å². The minimum absolute atomic E-state index is 0.258. The molecule has 0 bridgehead atoms. The molecule has 1 aliphatic heterocycles. The molecule has 1 unspecified atom stereocenters. The predicted octanol–water partition coefficient (Wildman–Crippen LogP) is 3.25. The highest BCUT2D eigenvalue weighted by molar-refractivity contribution is 7.16. The molecule has 5 nitrogen and oxygen atoms in total. The molecule has 1 atom stereocenters. The number of carbonyl (C=O) groups is 1. The molecular weight excluding hydrogens is 356 g/mol. The lowest BCUT2D eigenvalue weighted by Gasteiger charge is -2.26. The molecule has 2 N–H and O–H groups in total. The van der Waals surface area contributed by atoms with Crippen LogP contribution in [0.2, 0.25) is 4.34 Å². The van der Waals surface area contributed by atoms with Gasteiger partial charge in [0.25, 0.3) is 0 Å². The van der Waals surface area contributed by atoms with Crippen LogP contribution in [0.3, 0.4) is 0 Å². The Kier molecular flexibility index (Phi) is 6.59. The van der Waals surface area contributed by atoms with Crippen molar-refractivity contribution in [3.05, 3.63) is 21.3 Å². The second-order valence-corrected chi connectivity index (χ2v) is 8.68. The van der Waals surface area contributed by atoms with Gasteiger partial charge in [0.2, 0.25) is 5.91 Å². The standard InChI is InChI=1S/C18H27ClN4OS/c1-20-18(21-11-15-7-8-16(19)25-15)22-14-9-10-23(12-14)17(24)13-5-3-2-4-6-13/h7-8,13-14H,2-6,9-12H2,1H3,(H2,20,21,22). The summed E-state index contributed by atoms with van der Waals surface area (Å²) in [6.07, 6.45) is 6.81. The van der Waals surface area contributed by atoms with E-state index in [4.69, 9.17) is 11.6 Å². The fourth-order valence-corrected chi connectivity index (χ4v) is 4.72. The van der Waals surface area contributed by atoms with Gasteiger partial charge in [0.1, 0.15) is 0 Å². The third-order valence-electron chi connectivity index (χ3n) is 5.08. The van der Waals surface area contributed by atoms with Crippen LogP contribution in [0, 0.1) is 5.92 Å². The summed E-state index contributed by atoms with van der Waals surface area (Å²) >= 11 is 7.53. The van der Waals surface area contributed by atoms with Gasteiger partial charge in [0, 0.05) is 37.0 Å². The van der Waals surface area contributed by atoms with E-state index in [1.54, 1.807) is 18.4 Å². The molecule has 1 aromatic rings. The normalized spacial score (nSPS) is 22.2. The molecule has 2 aliphatic rings. The first-order chi connectivity index (χ1) is 12.2. The molecule has 2 fully saturated rings. The Morgan fingerprint density at radius 3 is 2.80 bits per heavy atom. The van der Waals surface area contributed by atoms with Crippen molar-refractivity contribution in [1.82, 2.24) is 15.5 Å². The van der Waals surface area contributed by atoms with Crippen LogP contribution >= 0.6 is 22.9 Å². The lowest BCUT2D eigenvalue weighted by molar-refractivity contribution is -0.135. The van der Waals surface area contributed by atoms with Crippen molar-refractivity contribution in [2.45, 2.75) is 51.1 Å². The van der Waals surface area contributed by atoms with E-state index in [9.17, 15) is 4.79 Å². The van der Waals surface area contributed by atoms with Crippen LogP contribution < -0.4 is 10.6 Å². The maximum Gasteiger partial charge on any atom is 0.225 e. The van der Waals surface area contributed by atoms with Gasteiger partial charge >= 0.3 is 0 Å². The molecule has 7 heteroatoms. The third-order valence-corrected chi connectivity index (χ3v) is 6.31. The summed E-state index contributed by atoms with van der Waals surface area (Å²) < 4.78 is 0.799. The molecule has 2 heterocycles. The number of aliphatic imine (C=N–C) groups is 1. The van der Waals surface area contributed by atoms with Crippen molar-refractivity contribution in [2.75, 3.05) is 20.1 Å². The molecule has 1 aromatic heterocycles. The van der Waals surface area contributed by atoms with Gasteiger partial charge in [-0.3, -0.25) is 9.79 Å². The number of carbonyl (C=O) groups excluding carboxylic acids is 1. The maximum absolute atomic E-state index is 12.7. The number of likely N-dealkylation sites (tertiary alicyclic amines) is 1. The van der Waals surface area contributed by atoms with Gasteiger partial charge in [0.05, 0.1) is 10.9 Å². The molecule has 3 rings (SSSR count). The Labute approximate surface area is 158 Å². The van der Waals surface area contributed by atoms with E-state index in [0.717, 1.165) is 42.6 Å². The van der Waals surface area contributed by atoms with Gasteiger partial charge in [0.15, 0.2) is 5.96 Å². The van der Waals surface area contributed by atoms with E-state index in [1.165, 1.54) is 24.1 Å². The molecular formula is C18H27ClN4OS. The molecule has 1 saturated heterocycles. The van der Waals surface area contributed by atoms with Gasteiger partial charge in [-0.05, 0) is 31.4 Å². The SMILES string of the molecule is CN=C(NCc1ccc(Cl)s1)NC1CCN(C(=O)C2CCCCC2)C1. The monoisotopic (exact) mass is 382 g/mol. The first-order valence-electron chi connectivity index (χ1n) is 9.16. The van der Waals surface area contributed by atoms with Gasteiger partial charge in [-0.15, -0.1) is 11.3 Å². The van der Waals surface area contributed by atoms with Crippen molar-refractivity contribution in [2.24, 2.45) is 10.9 Å². The number of nitrogens with one attached hydrogen (secondary N) is 2. The molecule has 1 aliphatic carbocycles. The molecule has 0 aromatic carbocycles. The van der Waals surface area contributed by atoms with Crippen LogP contribution in [-0.4, -0.2) is 42.9 Å². The van der Waals surface area contributed by atoms with E-state index in [2.05, 4.69) is 15.6 Å². The van der Waals surface area contributed by atoms with Crippen LogP contribution in [0.1, 0.15) is 43.4 Å². The Hall–Kier alpha value is -1.27. The largest absolute Gasteiger partial charge is 0.352 e. The number of amides is 1. The maximum atomic E-state index is 12.7. The predicted molar refractivity (Wildman–Crippen MR) is 104 cm³/mol. The zero-order valence-corrected chi connectivity index (χ0v) is 16.3. The number of hydrogen-bond acceptors (Lipinski definition) is 3. The number of rotatable bonds is 4. The molecule has 138 valence electrons. The van der Waals surface area contributed by atoms with Gasteiger partial charge in [-0.25, -0.2) is 0 Å². The summed E-state index contributed by atoms with van der Waals surface area (Å²) in [5.74, 6) is 1.40. The summed E-state index contributed by atoms with van der Waals surface area (Å²) in [7, 11) is 1.77. The molecule has 0 spiro atoms. The molecule has 1 amide bonds. The summed E-state index contributed by atoms with van der Waals surface area (Å²) in [5.41, 5.74) is 0. The number of nitrogens with zero attached hydrogens (tertiary/aromatic N) is 2. The van der Waals surface area contributed by atoms with E-state index >= 15 is 0 Å². The van der Waals surface area contributed by atoms with Crippen molar-refractivity contribution in [1.29, 1.82) is 0 Å². The topological polar surface area (TPSA) is 56.7 Å². The van der Waals surface area contributed by atoms with Gasteiger partial charge < -0.3 is 15.5 Å². The second-order valence-electron chi connectivity index (χ2n) is 6.88. The molecule has 1 saturated carbocycles. The van der Waals surface area contributed by atoms with Crippen LogP contribution in [0.25, 0.3) is 0 Å². The highest BCUT2D eigenvalue weighted by Crippen LogP contribution is 2.26. The Balaban J connectivity index is 1.45. The van der Waals surface area contributed by atoms with Gasteiger partial charge in [-0.1, -0.05) is 30.9 Å². The van der Waals surface area contributed by atoms with Crippen LogP contribution in [0.5, 0.6) is 0 Å². The summed E-state index contributed by atoms with van der Waals surface area (Å²) in [6.45, 7) is 2.33. The number of halogens is 1. The van der Waals surface area contributed by atoms with Crippen molar-refractivity contribution in [3.8, 4) is 0 Å². The second kappa shape index (κ2) is 8.90. The quantitative estimate of drug-likeness (QED) is 0.620. The third kappa shape index (κ3) is 5.11. The minimum atomic E-state index is 0.258. The zero-order valence-electron chi connectivity index (χ0n) is 14.8. The number of hydrogen-bond donors (Lipinski definition) is 2. The Morgan fingerprint density at radius 1 is 1.32 bits per heavy atom. The first-order valence-corrected chi connectivity index (χ1v) is 10.4. The van der Waals surface area contributed by atoms with E-state index in [1.807, 2.05) is 17.0 Å². The van der Waals surface area contributed by atoms with Crippen molar-refractivity contribution in [3.63, 3.8) is 0 Å². The highest BCUT2D eigenvalue weighted by atomic mass is 35.5. The van der Waals surface area contributed by atoms with E-state index in [-0.39, 0.29) is 12.0 Å². The first kappa shape index (κ1) is 18.5. The van der Waals surface area contributed by atoms with Crippen LogP contribution in [-0.2, 0) is 11.3 Å². The summed E-state index contributed by atoms with van der Waals surface area (Å²) in [6, 6.07) is 4.20. The van der Waals surface area contributed by atoms with Crippen molar-refractivity contribution < 1.29 is 4.79 Å². The smallest absolute Gasteiger partial charge is 0.225 e. The Morgan fingerprint density at radius 2 is 2.12 bits per heavy atom. The van der Waals surface area contributed by atoms with Gasteiger partial charge in [-0.2, -0.15) is 0 Å². The fourth-order valence-electron chi connectivity index (χ4n) is 3.69. The van der Waals surface area contributed by atoms with E-state index in [0.29, 0.717) is 12.5 Å². The molecule has 25 heavy (non-hydrogen) atoms. The van der Waals surface area contributed by atoms with Crippen LogP contribution in [0.15, 0.2) is 17.1 Å². The minimum Gasteiger partial charge on any atom is -0.352 e. The molecule has 0 radical (unpaired) electrons. The average Bonchev–Trinajstić information content (AvgIpc) is 3.27. The lowest BCUT2D eigenvalue weighted by Crippen LogP contribution is -2.45. The van der Waals surface area contributed by atoms with Crippen molar-refractivity contribution >= 4 is 34.8 Å². The Bertz CT molecular complexity index is 612. The summed E-state index contributed by atoms with van der Waals surface area (Å²) in [4.78, 5) is 20.2. The lowest BCUT2D eigenvalue weighted by atomic mass is 9.88. The number of guanidine groups is 1. The zero-order chi connectivity index (χ0) is 17.6. The number of thiophene rings is 1. The highest BCUT2D eigenvalue weighted by Gasteiger charge is 2.31. The summed E-state index contributed by atoms with van der Waals surface area (Å²) in [5, 5.41) is 6.77. The average molecular weight is 383 g/mol.